The highest BCUT2D eigenvalue weighted by atomic mass is 16.1. The molecule has 106 valence electrons. The van der Waals surface area contributed by atoms with E-state index in [-0.39, 0.29) is 5.91 Å². The summed E-state index contributed by atoms with van der Waals surface area (Å²) in [5.74, 6) is 0.577. The van der Waals surface area contributed by atoms with Gasteiger partial charge in [0.1, 0.15) is 0 Å². The van der Waals surface area contributed by atoms with Crippen molar-refractivity contribution >= 4 is 5.91 Å². The number of amides is 1. The molecule has 1 aliphatic carbocycles. The second kappa shape index (κ2) is 7.09. The molecule has 3 heteroatoms. The fourth-order valence-corrected chi connectivity index (χ4v) is 3.02. The summed E-state index contributed by atoms with van der Waals surface area (Å²) in [5.41, 5.74) is 1.12. The second-order valence-corrected chi connectivity index (χ2v) is 5.61. The van der Waals surface area contributed by atoms with Crippen LogP contribution in [0.25, 0.3) is 0 Å². The van der Waals surface area contributed by atoms with Crippen LogP contribution in [0.1, 0.15) is 61.4 Å². The number of hydrogen-bond donors (Lipinski definition) is 1. The van der Waals surface area contributed by atoms with Gasteiger partial charge < -0.3 is 5.32 Å². The third-order valence-electron chi connectivity index (χ3n) is 4.16. The number of carbonyl (C=O) groups is 1. The van der Waals surface area contributed by atoms with E-state index in [0.717, 1.165) is 6.42 Å². The molecule has 1 amide bonds. The minimum atomic E-state index is -0.0458. The Labute approximate surface area is 121 Å². The van der Waals surface area contributed by atoms with Crippen LogP contribution in [0.5, 0.6) is 0 Å². The van der Waals surface area contributed by atoms with E-state index in [9.17, 15) is 4.79 Å². The van der Waals surface area contributed by atoms with Gasteiger partial charge in [0.25, 0.3) is 5.91 Å². The first-order valence-corrected chi connectivity index (χ1v) is 7.55. The number of nitrogens with zero attached hydrogens (tertiary/aromatic N) is 1. The molecule has 0 saturated heterocycles. The zero-order chi connectivity index (χ0) is 14.4. The molecule has 0 bridgehead atoms. The highest BCUT2D eigenvalue weighted by Crippen LogP contribution is 2.30. The van der Waals surface area contributed by atoms with Crippen LogP contribution in [0.2, 0.25) is 0 Å². The Hall–Kier alpha value is -1.82. The molecular formula is C17H22N2O. The van der Waals surface area contributed by atoms with Crippen molar-refractivity contribution in [2.75, 3.05) is 0 Å². The number of nitrogens with one attached hydrogen (secondary N) is 1. The Morgan fingerprint density at radius 1 is 1.45 bits per heavy atom. The van der Waals surface area contributed by atoms with E-state index >= 15 is 0 Å². The molecule has 2 rings (SSSR count). The third-order valence-corrected chi connectivity index (χ3v) is 4.16. The highest BCUT2D eigenvalue weighted by Gasteiger charge is 2.28. The Balaban J connectivity index is 1.98. The summed E-state index contributed by atoms with van der Waals surface area (Å²) >= 11 is 0. The van der Waals surface area contributed by atoms with Crippen LogP contribution >= 0.6 is 0 Å². The van der Waals surface area contributed by atoms with Crippen LogP contribution in [0.3, 0.4) is 0 Å². The van der Waals surface area contributed by atoms with E-state index in [1.165, 1.54) is 32.1 Å². The number of rotatable bonds is 5. The van der Waals surface area contributed by atoms with Crippen molar-refractivity contribution < 1.29 is 4.79 Å². The first kappa shape index (κ1) is 14.6. The standard InChI is InChI=1S/C17H22N2O/c1-2-3-7-14-8-5-10-16(14)19-17(20)15-9-4-6-13(11-15)12-18/h4,6,9,11,14,16H,2-3,5,7-8,10H2,1H3,(H,19,20). The summed E-state index contributed by atoms with van der Waals surface area (Å²) in [7, 11) is 0. The second-order valence-electron chi connectivity index (χ2n) is 5.61. The molecule has 0 spiro atoms. The lowest BCUT2D eigenvalue weighted by Crippen LogP contribution is -2.37. The minimum Gasteiger partial charge on any atom is -0.349 e. The highest BCUT2D eigenvalue weighted by molar-refractivity contribution is 5.94. The molecule has 3 nitrogen and oxygen atoms in total. The average molecular weight is 270 g/mol. The molecule has 1 N–H and O–H groups in total. The fourth-order valence-electron chi connectivity index (χ4n) is 3.02. The van der Waals surface area contributed by atoms with Crippen LogP contribution in [0, 0.1) is 17.2 Å². The van der Waals surface area contributed by atoms with Crippen LogP contribution < -0.4 is 5.32 Å². The van der Waals surface area contributed by atoms with Crippen molar-refractivity contribution in [2.45, 2.75) is 51.5 Å². The van der Waals surface area contributed by atoms with E-state index in [4.69, 9.17) is 5.26 Å². The molecule has 1 aromatic rings. The average Bonchev–Trinajstić information content (AvgIpc) is 2.92. The molecule has 1 fully saturated rings. The van der Waals surface area contributed by atoms with Gasteiger partial charge in [-0.3, -0.25) is 4.79 Å². The molecule has 0 radical (unpaired) electrons. The van der Waals surface area contributed by atoms with Crippen molar-refractivity contribution in [3.63, 3.8) is 0 Å². The molecule has 1 aliphatic rings. The smallest absolute Gasteiger partial charge is 0.251 e. The quantitative estimate of drug-likeness (QED) is 0.888. The normalized spacial score (nSPS) is 21.4. The summed E-state index contributed by atoms with van der Waals surface area (Å²) in [5, 5.41) is 12.0. The molecule has 1 saturated carbocycles. The fraction of sp³-hybridized carbons (Fsp3) is 0.529. The van der Waals surface area contributed by atoms with E-state index in [2.05, 4.69) is 18.3 Å². The van der Waals surface area contributed by atoms with Crippen molar-refractivity contribution in [3.8, 4) is 6.07 Å². The summed E-state index contributed by atoms with van der Waals surface area (Å²) < 4.78 is 0. The van der Waals surface area contributed by atoms with Crippen LogP contribution in [-0.2, 0) is 0 Å². The predicted molar refractivity (Wildman–Crippen MR) is 79.3 cm³/mol. The zero-order valence-electron chi connectivity index (χ0n) is 12.1. The first-order valence-electron chi connectivity index (χ1n) is 7.55. The summed E-state index contributed by atoms with van der Waals surface area (Å²) in [6.07, 6.45) is 7.17. The number of carbonyl (C=O) groups excluding carboxylic acids is 1. The Bertz CT molecular complexity index is 504. The van der Waals surface area contributed by atoms with E-state index < -0.39 is 0 Å². The molecule has 2 unspecified atom stereocenters. The van der Waals surface area contributed by atoms with Gasteiger partial charge in [-0.1, -0.05) is 32.3 Å². The van der Waals surface area contributed by atoms with Crippen molar-refractivity contribution in [3.05, 3.63) is 35.4 Å². The predicted octanol–water partition coefficient (Wildman–Crippen LogP) is 3.65. The van der Waals surface area contributed by atoms with Gasteiger partial charge >= 0.3 is 0 Å². The number of benzene rings is 1. The molecule has 0 aliphatic heterocycles. The van der Waals surface area contributed by atoms with Gasteiger partial charge in [-0.15, -0.1) is 0 Å². The SMILES string of the molecule is CCCCC1CCCC1NC(=O)c1cccc(C#N)c1. The lowest BCUT2D eigenvalue weighted by atomic mass is 9.96. The molecule has 1 aromatic carbocycles. The topological polar surface area (TPSA) is 52.9 Å². The number of hydrogen-bond acceptors (Lipinski definition) is 2. The van der Waals surface area contributed by atoms with Gasteiger partial charge in [-0.05, 0) is 43.4 Å². The number of nitriles is 1. The van der Waals surface area contributed by atoms with Gasteiger partial charge in [0.2, 0.25) is 0 Å². The lowest BCUT2D eigenvalue weighted by Gasteiger charge is -2.21. The van der Waals surface area contributed by atoms with Crippen LogP contribution in [0.15, 0.2) is 24.3 Å². The van der Waals surface area contributed by atoms with E-state index in [1.807, 2.05) is 0 Å². The Kier molecular flexibility index (Phi) is 5.17. The molecule has 0 aromatic heterocycles. The molecule has 20 heavy (non-hydrogen) atoms. The molecular weight excluding hydrogens is 248 g/mol. The van der Waals surface area contributed by atoms with Crippen LogP contribution in [0.4, 0.5) is 0 Å². The van der Waals surface area contributed by atoms with Crippen molar-refractivity contribution in [1.29, 1.82) is 5.26 Å². The largest absolute Gasteiger partial charge is 0.349 e. The Morgan fingerprint density at radius 2 is 2.30 bits per heavy atom. The van der Waals surface area contributed by atoms with E-state index in [1.54, 1.807) is 24.3 Å². The maximum atomic E-state index is 12.3. The Morgan fingerprint density at radius 3 is 3.05 bits per heavy atom. The van der Waals surface area contributed by atoms with Gasteiger partial charge in [-0.2, -0.15) is 5.26 Å². The number of unbranched alkanes of at least 4 members (excludes halogenated alkanes) is 1. The monoisotopic (exact) mass is 270 g/mol. The maximum absolute atomic E-state index is 12.3. The molecule has 2 atom stereocenters. The van der Waals surface area contributed by atoms with Gasteiger partial charge in [0, 0.05) is 11.6 Å². The minimum absolute atomic E-state index is 0.0458. The van der Waals surface area contributed by atoms with Crippen molar-refractivity contribution in [1.82, 2.24) is 5.32 Å². The van der Waals surface area contributed by atoms with Crippen molar-refractivity contribution in [2.24, 2.45) is 5.92 Å². The lowest BCUT2D eigenvalue weighted by molar-refractivity contribution is 0.0926. The van der Waals surface area contributed by atoms with E-state index in [0.29, 0.717) is 23.1 Å². The van der Waals surface area contributed by atoms with Gasteiger partial charge in [0.05, 0.1) is 11.6 Å². The zero-order valence-corrected chi connectivity index (χ0v) is 12.1. The van der Waals surface area contributed by atoms with Gasteiger partial charge in [0.15, 0.2) is 0 Å². The summed E-state index contributed by atoms with van der Waals surface area (Å²) in [6, 6.07) is 9.29. The molecule has 0 heterocycles. The third kappa shape index (κ3) is 3.60. The first-order chi connectivity index (χ1) is 9.74. The summed E-state index contributed by atoms with van der Waals surface area (Å²) in [4.78, 5) is 12.3. The van der Waals surface area contributed by atoms with Crippen LogP contribution in [-0.4, -0.2) is 11.9 Å². The van der Waals surface area contributed by atoms with Gasteiger partial charge in [-0.25, -0.2) is 0 Å². The summed E-state index contributed by atoms with van der Waals surface area (Å²) in [6.45, 7) is 2.20. The maximum Gasteiger partial charge on any atom is 0.251 e.